The van der Waals surface area contributed by atoms with Gasteiger partial charge in [0, 0.05) is 28.8 Å². The van der Waals surface area contributed by atoms with Crippen LogP contribution in [0.25, 0.3) is 21.5 Å². The Morgan fingerprint density at radius 2 is 2.12 bits per heavy atom. The summed E-state index contributed by atoms with van der Waals surface area (Å²) in [6, 6.07) is 11.8. The maximum Gasteiger partial charge on any atom is 0.228 e. The molecule has 0 unspecified atom stereocenters. The fourth-order valence-electron chi connectivity index (χ4n) is 2.80. The average Bonchev–Trinajstić information content (AvgIpc) is 3.39. The van der Waals surface area contributed by atoms with Crippen molar-refractivity contribution in [3.63, 3.8) is 0 Å². The summed E-state index contributed by atoms with van der Waals surface area (Å²) < 4.78 is 5.90. The first-order chi connectivity index (χ1) is 12.6. The number of thiazole rings is 1. The topological polar surface area (TPSA) is 46.3 Å². The van der Waals surface area contributed by atoms with Crippen molar-refractivity contribution in [2.75, 3.05) is 7.05 Å². The number of benzene rings is 1. The van der Waals surface area contributed by atoms with Crippen LogP contribution in [0.2, 0.25) is 0 Å². The maximum absolute atomic E-state index is 12.7. The summed E-state index contributed by atoms with van der Waals surface area (Å²) in [6.07, 6.45) is 0.293. The molecule has 0 saturated carbocycles. The molecule has 0 radical (unpaired) electrons. The smallest absolute Gasteiger partial charge is 0.228 e. The summed E-state index contributed by atoms with van der Waals surface area (Å²) in [7, 11) is 1.81. The van der Waals surface area contributed by atoms with E-state index in [2.05, 4.69) is 10.4 Å². The van der Waals surface area contributed by atoms with Crippen LogP contribution in [0.1, 0.15) is 24.4 Å². The van der Waals surface area contributed by atoms with Crippen molar-refractivity contribution in [1.29, 1.82) is 0 Å². The number of carbonyl (C=O) groups is 1. The van der Waals surface area contributed by atoms with Gasteiger partial charge < -0.3 is 9.32 Å². The number of hydrogen-bond donors (Lipinski definition) is 0. The van der Waals surface area contributed by atoms with Gasteiger partial charge >= 0.3 is 0 Å². The van der Waals surface area contributed by atoms with E-state index in [-0.39, 0.29) is 11.9 Å². The van der Waals surface area contributed by atoms with Gasteiger partial charge in [0.2, 0.25) is 5.91 Å². The molecule has 0 fully saturated rings. The van der Waals surface area contributed by atoms with Gasteiger partial charge in [-0.3, -0.25) is 4.79 Å². The van der Waals surface area contributed by atoms with Gasteiger partial charge in [0.1, 0.15) is 16.4 Å². The lowest BCUT2D eigenvalue weighted by Gasteiger charge is -2.23. The first-order valence-corrected chi connectivity index (χ1v) is 10.1. The molecule has 4 nitrogen and oxygen atoms in total. The van der Waals surface area contributed by atoms with Crippen LogP contribution < -0.4 is 0 Å². The molecule has 4 rings (SSSR count). The largest absolute Gasteiger partial charge is 0.459 e. The summed E-state index contributed by atoms with van der Waals surface area (Å²) >= 11 is 3.22. The number of likely N-dealkylation sites (N-methyl/N-ethyl adjacent to an activating group) is 1. The Labute approximate surface area is 159 Å². The van der Waals surface area contributed by atoms with Crippen LogP contribution in [-0.4, -0.2) is 22.8 Å². The number of hydrogen-bond acceptors (Lipinski definition) is 5. The van der Waals surface area contributed by atoms with Gasteiger partial charge in [-0.1, -0.05) is 18.2 Å². The quantitative estimate of drug-likeness (QED) is 0.465. The predicted octanol–water partition coefficient (Wildman–Crippen LogP) is 5.38. The molecule has 6 heteroatoms. The first kappa shape index (κ1) is 17.0. The Balaban J connectivity index is 1.47. The number of fused-ring (bicyclic) bond motifs is 1. The average molecular weight is 383 g/mol. The number of aromatic nitrogens is 1. The van der Waals surface area contributed by atoms with E-state index in [0.717, 1.165) is 33.0 Å². The van der Waals surface area contributed by atoms with E-state index in [1.165, 1.54) is 0 Å². The van der Waals surface area contributed by atoms with Gasteiger partial charge in [0.15, 0.2) is 0 Å². The third-order valence-electron chi connectivity index (χ3n) is 4.48. The van der Waals surface area contributed by atoms with Gasteiger partial charge in [-0.05, 0) is 30.5 Å². The van der Waals surface area contributed by atoms with E-state index < -0.39 is 0 Å². The minimum atomic E-state index is -0.134. The highest BCUT2D eigenvalue weighted by Gasteiger charge is 2.21. The second-order valence-electron chi connectivity index (χ2n) is 6.20. The van der Waals surface area contributed by atoms with E-state index in [1.54, 1.807) is 27.6 Å². The van der Waals surface area contributed by atoms with Crippen LogP contribution in [0.4, 0.5) is 0 Å². The van der Waals surface area contributed by atoms with Gasteiger partial charge in [0.05, 0.1) is 18.2 Å². The summed E-state index contributed by atoms with van der Waals surface area (Å²) in [4.78, 5) is 19.0. The highest BCUT2D eigenvalue weighted by molar-refractivity contribution is 7.14. The Hall–Kier alpha value is -2.44. The number of amides is 1. The molecule has 1 atom stereocenters. The zero-order valence-corrected chi connectivity index (χ0v) is 16.1. The molecule has 0 aliphatic rings. The lowest BCUT2D eigenvalue weighted by Crippen LogP contribution is -2.30. The lowest BCUT2D eigenvalue weighted by atomic mass is 10.2. The fourth-order valence-corrected chi connectivity index (χ4v) is 4.33. The Kier molecular flexibility index (Phi) is 4.61. The molecule has 26 heavy (non-hydrogen) atoms. The molecule has 0 N–H and O–H groups in total. The molecule has 4 aromatic rings. The number of thiophene rings is 1. The molecule has 3 heterocycles. The molecule has 0 spiro atoms. The summed E-state index contributed by atoms with van der Waals surface area (Å²) in [5.74, 6) is 0.819. The lowest BCUT2D eigenvalue weighted by molar-refractivity contribution is -0.131. The zero-order chi connectivity index (χ0) is 18.1. The highest BCUT2D eigenvalue weighted by Crippen LogP contribution is 2.28. The van der Waals surface area contributed by atoms with Crippen LogP contribution in [0, 0.1) is 0 Å². The van der Waals surface area contributed by atoms with E-state index in [9.17, 15) is 4.79 Å². The minimum Gasteiger partial charge on any atom is -0.459 e. The van der Waals surface area contributed by atoms with Crippen LogP contribution in [0.3, 0.4) is 0 Å². The molecule has 0 aliphatic heterocycles. The number of nitrogens with zero attached hydrogens (tertiary/aromatic N) is 2. The molecule has 0 bridgehead atoms. The minimum absolute atomic E-state index is 0.0279. The fraction of sp³-hybridized carbons (Fsp3) is 0.200. The molecule has 0 aliphatic carbocycles. The maximum atomic E-state index is 12.7. The second kappa shape index (κ2) is 7.05. The van der Waals surface area contributed by atoms with Crippen LogP contribution >= 0.6 is 22.7 Å². The molecule has 1 aromatic carbocycles. The van der Waals surface area contributed by atoms with E-state index in [4.69, 9.17) is 4.42 Å². The summed E-state index contributed by atoms with van der Waals surface area (Å²) in [5.41, 5.74) is 2.77. The molecule has 1 amide bonds. The molecular weight excluding hydrogens is 364 g/mol. The van der Waals surface area contributed by atoms with Gasteiger partial charge in [0.25, 0.3) is 0 Å². The normalized spacial score (nSPS) is 12.4. The number of furan rings is 1. The van der Waals surface area contributed by atoms with E-state index in [1.807, 2.05) is 61.1 Å². The van der Waals surface area contributed by atoms with Crippen LogP contribution in [-0.2, 0) is 11.2 Å². The second-order valence-corrected chi connectivity index (χ2v) is 7.84. The Bertz CT molecular complexity index is 1000. The number of para-hydroxylation sites is 1. The van der Waals surface area contributed by atoms with E-state index >= 15 is 0 Å². The van der Waals surface area contributed by atoms with Gasteiger partial charge in [-0.2, -0.15) is 11.3 Å². The molecular formula is C20H18N2O2S2. The van der Waals surface area contributed by atoms with Gasteiger partial charge in [-0.15, -0.1) is 11.3 Å². The summed E-state index contributed by atoms with van der Waals surface area (Å²) in [6.45, 7) is 1.98. The predicted molar refractivity (Wildman–Crippen MR) is 107 cm³/mol. The molecule has 3 aromatic heterocycles. The van der Waals surface area contributed by atoms with Crippen molar-refractivity contribution >= 4 is 39.5 Å². The van der Waals surface area contributed by atoms with Crippen molar-refractivity contribution in [2.24, 2.45) is 0 Å². The van der Waals surface area contributed by atoms with Crippen LogP contribution in [0.5, 0.6) is 0 Å². The third-order valence-corrected chi connectivity index (χ3v) is 6.11. The van der Waals surface area contributed by atoms with Crippen molar-refractivity contribution in [3.8, 4) is 10.6 Å². The molecule has 132 valence electrons. The Morgan fingerprint density at radius 3 is 2.88 bits per heavy atom. The van der Waals surface area contributed by atoms with E-state index in [0.29, 0.717) is 6.42 Å². The monoisotopic (exact) mass is 382 g/mol. The molecule has 0 saturated heterocycles. The SMILES string of the molecule is C[C@@H](c1cc2ccccc2o1)N(C)C(=O)Cc1csc(-c2ccsc2)n1. The highest BCUT2D eigenvalue weighted by atomic mass is 32.1. The standard InChI is InChI=1S/C20H18N2O2S2/c1-13(18-9-14-5-3-4-6-17(14)24-18)22(2)19(23)10-16-12-26-20(21-16)15-7-8-25-11-15/h3-9,11-13H,10H2,1-2H3/t13-/m0/s1. The zero-order valence-electron chi connectivity index (χ0n) is 14.5. The van der Waals surface area contributed by atoms with Crippen molar-refractivity contribution in [2.45, 2.75) is 19.4 Å². The van der Waals surface area contributed by atoms with Crippen molar-refractivity contribution in [3.05, 3.63) is 64.0 Å². The Morgan fingerprint density at radius 1 is 1.27 bits per heavy atom. The first-order valence-electron chi connectivity index (χ1n) is 8.33. The third kappa shape index (κ3) is 3.30. The number of carbonyl (C=O) groups excluding carboxylic acids is 1. The van der Waals surface area contributed by atoms with Gasteiger partial charge in [-0.25, -0.2) is 4.98 Å². The van der Waals surface area contributed by atoms with Crippen molar-refractivity contribution < 1.29 is 9.21 Å². The van der Waals surface area contributed by atoms with Crippen LogP contribution in [0.15, 0.2) is 57.0 Å². The number of rotatable bonds is 5. The van der Waals surface area contributed by atoms with Crippen molar-refractivity contribution in [1.82, 2.24) is 9.88 Å². The summed E-state index contributed by atoms with van der Waals surface area (Å²) in [5, 5.41) is 8.08.